The molecule has 0 bridgehead atoms. The van der Waals surface area contributed by atoms with Gasteiger partial charge in [0, 0.05) is 11.2 Å². The molecule has 0 amide bonds. The van der Waals surface area contributed by atoms with Gasteiger partial charge in [-0.1, -0.05) is 17.7 Å². The molecule has 1 saturated carbocycles. The van der Waals surface area contributed by atoms with E-state index >= 15 is 0 Å². The van der Waals surface area contributed by atoms with Crippen molar-refractivity contribution in [1.29, 1.82) is 0 Å². The van der Waals surface area contributed by atoms with Crippen LogP contribution >= 0.6 is 11.6 Å². The van der Waals surface area contributed by atoms with E-state index in [1.807, 2.05) is 6.07 Å². The van der Waals surface area contributed by atoms with Gasteiger partial charge in [-0.2, -0.15) is 0 Å². The van der Waals surface area contributed by atoms with Gasteiger partial charge in [-0.3, -0.25) is 4.98 Å². The summed E-state index contributed by atoms with van der Waals surface area (Å²) in [5.74, 6) is 1.04. The summed E-state index contributed by atoms with van der Waals surface area (Å²) in [5.41, 5.74) is 2.23. The number of allylic oxidation sites excluding steroid dienone is 1. The summed E-state index contributed by atoms with van der Waals surface area (Å²) in [6.45, 7) is 6.98. The highest BCUT2D eigenvalue weighted by Crippen LogP contribution is 2.54. The van der Waals surface area contributed by atoms with Crippen molar-refractivity contribution in [3.05, 3.63) is 46.5 Å². The number of rotatable bonds is 1. The van der Waals surface area contributed by atoms with Gasteiger partial charge in [0.15, 0.2) is 0 Å². The van der Waals surface area contributed by atoms with Crippen molar-refractivity contribution in [2.75, 3.05) is 0 Å². The first kappa shape index (κ1) is 8.94. The van der Waals surface area contributed by atoms with Crippen molar-refractivity contribution in [1.82, 2.24) is 4.98 Å². The first-order valence-electron chi connectivity index (χ1n) is 4.99. The van der Waals surface area contributed by atoms with Crippen LogP contribution in [0.1, 0.15) is 12.1 Å². The van der Waals surface area contributed by atoms with Crippen molar-refractivity contribution < 1.29 is 0 Å². The number of aromatic nitrogens is 1. The Morgan fingerprint density at radius 1 is 1.53 bits per heavy atom. The second-order valence-corrected chi connectivity index (χ2v) is 4.55. The molecule has 2 aliphatic carbocycles. The molecule has 0 aliphatic heterocycles. The van der Waals surface area contributed by atoms with E-state index in [-0.39, 0.29) is 6.04 Å². The highest BCUT2D eigenvalue weighted by atomic mass is 35.5. The maximum absolute atomic E-state index is 6.98. The number of pyridine rings is 1. The second-order valence-electron chi connectivity index (χ2n) is 4.12. The highest BCUT2D eigenvalue weighted by Gasteiger charge is 2.59. The third kappa shape index (κ3) is 1.35. The van der Waals surface area contributed by atoms with Crippen molar-refractivity contribution >= 4 is 17.2 Å². The quantitative estimate of drug-likeness (QED) is 0.660. The molecule has 0 unspecified atom stereocenters. The Morgan fingerprint density at radius 3 is 3.00 bits per heavy atom. The van der Waals surface area contributed by atoms with Gasteiger partial charge < -0.3 is 4.85 Å². The van der Waals surface area contributed by atoms with Crippen LogP contribution in [0.5, 0.6) is 0 Å². The molecule has 1 aromatic rings. The van der Waals surface area contributed by atoms with E-state index in [1.54, 1.807) is 12.3 Å². The Hall–Kier alpha value is -1.33. The van der Waals surface area contributed by atoms with Crippen molar-refractivity contribution in [2.45, 2.75) is 12.5 Å². The zero-order chi connectivity index (χ0) is 10.4. The molecule has 74 valence electrons. The molecule has 1 fully saturated rings. The standard InChI is InChI=1S/C12H9ClN2/c1-14-12-9-4-7(5-10(9)12)11-6-8(13)2-3-15-11/h2-4,6,9-10,12H,5H2/t9-,10+,12+/m0/s1. The fourth-order valence-electron chi connectivity index (χ4n) is 2.37. The lowest BCUT2D eigenvalue weighted by Gasteiger charge is -2.02. The molecule has 3 heteroatoms. The van der Waals surface area contributed by atoms with Crippen LogP contribution in [0.3, 0.4) is 0 Å². The zero-order valence-electron chi connectivity index (χ0n) is 8.02. The Kier molecular flexibility index (Phi) is 1.83. The molecule has 3 atom stereocenters. The predicted molar refractivity (Wildman–Crippen MR) is 59.2 cm³/mol. The molecule has 2 aliphatic rings. The summed E-state index contributed by atoms with van der Waals surface area (Å²) < 4.78 is 0. The van der Waals surface area contributed by atoms with Gasteiger partial charge in [0.25, 0.3) is 0 Å². The van der Waals surface area contributed by atoms with Gasteiger partial charge in [-0.05, 0) is 24.1 Å². The van der Waals surface area contributed by atoms with Crippen LogP contribution in [0.2, 0.25) is 5.02 Å². The average molecular weight is 217 g/mol. The van der Waals surface area contributed by atoms with Crippen LogP contribution in [0.25, 0.3) is 10.4 Å². The maximum Gasteiger partial charge on any atom is 0.234 e. The van der Waals surface area contributed by atoms with Crippen LogP contribution in [0.15, 0.2) is 24.4 Å². The van der Waals surface area contributed by atoms with Gasteiger partial charge in [-0.15, -0.1) is 0 Å². The Bertz CT molecular complexity index is 487. The normalized spacial score (nSPS) is 31.7. The third-order valence-corrected chi connectivity index (χ3v) is 3.47. The summed E-state index contributed by atoms with van der Waals surface area (Å²) >= 11 is 5.91. The van der Waals surface area contributed by atoms with Crippen LogP contribution in [-0.2, 0) is 0 Å². The number of hydrogen-bond donors (Lipinski definition) is 0. The number of halogens is 1. The van der Waals surface area contributed by atoms with E-state index in [1.165, 1.54) is 5.57 Å². The second kappa shape index (κ2) is 3.08. The molecule has 0 radical (unpaired) electrons. The topological polar surface area (TPSA) is 17.2 Å². The maximum atomic E-state index is 6.98. The van der Waals surface area contributed by atoms with E-state index in [0.717, 1.165) is 17.1 Å². The third-order valence-electron chi connectivity index (χ3n) is 3.24. The van der Waals surface area contributed by atoms with Crippen molar-refractivity contribution in [3.63, 3.8) is 0 Å². The summed E-state index contributed by atoms with van der Waals surface area (Å²) in [6, 6.07) is 3.92. The lowest BCUT2D eigenvalue weighted by atomic mass is 10.1. The minimum Gasteiger partial charge on any atom is -0.313 e. The zero-order valence-corrected chi connectivity index (χ0v) is 8.78. The number of hydrogen-bond acceptors (Lipinski definition) is 1. The fourth-order valence-corrected chi connectivity index (χ4v) is 2.53. The van der Waals surface area contributed by atoms with Gasteiger partial charge in [0.1, 0.15) is 0 Å². The molecule has 0 spiro atoms. The molecule has 2 nitrogen and oxygen atoms in total. The fraction of sp³-hybridized carbons (Fsp3) is 0.333. The highest BCUT2D eigenvalue weighted by molar-refractivity contribution is 6.30. The van der Waals surface area contributed by atoms with Crippen molar-refractivity contribution in [3.8, 4) is 0 Å². The van der Waals surface area contributed by atoms with Gasteiger partial charge in [-0.25, -0.2) is 6.57 Å². The molecule has 0 N–H and O–H groups in total. The van der Waals surface area contributed by atoms with Gasteiger partial charge in [0.05, 0.1) is 17.5 Å². The number of fused-ring (bicyclic) bond motifs is 1. The lowest BCUT2D eigenvalue weighted by molar-refractivity contribution is 0.851. The van der Waals surface area contributed by atoms with Crippen LogP contribution in [0.4, 0.5) is 0 Å². The molecule has 1 heterocycles. The van der Waals surface area contributed by atoms with Crippen molar-refractivity contribution in [2.24, 2.45) is 11.8 Å². The summed E-state index contributed by atoms with van der Waals surface area (Å²) in [6.07, 6.45) is 4.92. The smallest absolute Gasteiger partial charge is 0.234 e. The predicted octanol–water partition coefficient (Wildman–Crippen LogP) is 3.06. The Labute approximate surface area is 93.4 Å². The van der Waals surface area contributed by atoms with Crippen LogP contribution < -0.4 is 0 Å². The summed E-state index contributed by atoms with van der Waals surface area (Å²) in [4.78, 5) is 7.89. The van der Waals surface area contributed by atoms with Crippen LogP contribution in [-0.4, -0.2) is 11.0 Å². The summed E-state index contributed by atoms with van der Waals surface area (Å²) in [7, 11) is 0. The average Bonchev–Trinajstić information content (AvgIpc) is 2.70. The van der Waals surface area contributed by atoms with Crippen LogP contribution in [0, 0.1) is 18.4 Å². The Balaban J connectivity index is 1.87. The molecule has 15 heavy (non-hydrogen) atoms. The minimum absolute atomic E-state index is 0.243. The molecule has 0 saturated heterocycles. The first-order chi connectivity index (χ1) is 7.29. The monoisotopic (exact) mass is 216 g/mol. The largest absolute Gasteiger partial charge is 0.313 e. The van der Waals surface area contributed by atoms with E-state index in [9.17, 15) is 0 Å². The SMILES string of the molecule is [C-]#[N+][C@@H]1[C@H]2C=C(c3cc(Cl)ccn3)C[C@H]21. The molecular formula is C12H9ClN2. The Morgan fingerprint density at radius 2 is 2.40 bits per heavy atom. The minimum atomic E-state index is 0.243. The van der Waals surface area contributed by atoms with E-state index < -0.39 is 0 Å². The van der Waals surface area contributed by atoms with E-state index in [0.29, 0.717) is 11.8 Å². The van der Waals surface area contributed by atoms with E-state index in [4.69, 9.17) is 18.2 Å². The van der Waals surface area contributed by atoms with Gasteiger partial charge >= 0.3 is 0 Å². The molecular weight excluding hydrogens is 208 g/mol. The molecule has 1 aromatic heterocycles. The summed E-state index contributed by atoms with van der Waals surface area (Å²) in [5, 5.41) is 0.725. The molecule has 0 aromatic carbocycles. The lowest BCUT2D eigenvalue weighted by Crippen LogP contribution is -1.91. The van der Waals surface area contributed by atoms with E-state index in [2.05, 4.69) is 15.9 Å². The molecule has 3 rings (SSSR count). The van der Waals surface area contributed by atoms with Gasteiger partial charge in [0.2, 0.25) is 6.04 Å². The number of nitrogens with zero attached hydrogens (tertiary/aromatic N) is 2. The first-order valence-corrected chi connectivity index (χ1v) is 5.36.